The Kier molecular flexibility index (Phi) is 5.11. The summed E-state index contributed by atoms with van der Waals surface area (Å²) < 4.78 is 26.2. The van der Waals surface area contributed by atoms with Gasteiger partial charge in [0.2, 0.25) is 10.0 Å². The topological polar surface area (TPSA) is 37.4 Å². The average Bonchev–Trinajstić information content (AvgIpc) is 2.39. The third-order valence-corrected chi connectivity index (χ3v) is 4.55. The maximum absolute atomic E-state index is 12.5. The zero-order valence-electron chi connectivity index (χ0n) is 10.9. The fourth-order valence-electron chi connectivity index (χ4n) is 1.62. The summed E-state index contributed by atoms with van der Waals surface area (Å²) >= 11 is 0. The van der Waals surface area contributed by atoms with E-state index in [1.54, 1.807) is 24.3 Å². The second kappa shape index (κ2) is 6.37. The number of hydrogen-bond acceptors (Lipinski definition) is 2. The summed E-state index contributed by atoms with van der Waals surface area (Å²) in [6, 6.07) is 6.10. The summed E-state index contributed by atoms with van der Waals surface area (Å²) in [4.78, 5) is 0.210. The van der Waals surface area contributed by atoms with Crippen LogP contribution in [0.25, 0.3) is 0 Å². The van der Waals surface area contributed by atoms with Gasteiger partial charge in [0.1, 0.15) is 0 Å². The van der Waals surface area contributed by atoms with E-state index >= 15 is 0 Å². The van der Waals surface area contributed by atoms with E-state index in [0.29, 0.717) is 0 Å². The maximum Gasteiger partial charge on any atom is 0.244 e. The first-order valence-electron chi connectivity index (χ1n) is 5.74. The first kappa shape index (κ1) is 15.2. The molecule has 0 aliphatic rings. The molecule has 4 heteroatoms. The van der Waals surface area contributed by atoms with Crippen molar-refractivity contribution in [1.82, 2.24) is 4.31 Å². The maximum atomic E-state index is 12.5. The lowest BCUT2D eigenvalue weighted by Gasteiger charge is -2.24. The van der Waals surface area contributed by atoms with Crippen molar-refractivity contribution in [3.05, 3.63) is 55.1 Å². The SMILES string of the molecule is C#CCN(C(C=C)C=C)S(=O)(=O)c1ccc(C)cc1. The molecule has 0 atom stereocenters. The molecule has 0 N–H and O–H groups in total. The fraction of sp³-hybridized carbons (Fsp3) is 0.200. The molecule has 0 spiro atoms. The Morgan fingerprint density at radius 1 is 1.32 bits per heavy atom. The molecular weight excluding hydrogens is 258 g/mol. The summed E-state index contributed by atoms with van der Waals surface area (Å²) in [6.45, 7) is 9.09. The largest absolute Gasteiger partial charge is 0.244 e. The molecule has 0 saturated heterocycles. The molecular formula is C15H17NO2S. The molecule has 0 fully saturated rings. The van der Waals surface area contributed by atoms with Crippen LogP contribution < -0.4 is 0 Å². The van der Waals surface area contributed by atoms with E-state index in [-0.39, 0.29) is 11.4 Å². The number of sulfonamides is 1. The van der Waals surface area contributed by atoms with E-state index in [9.17, 15) is 8.42 Å². The second-order valence-corrected chi connectivity index (χ2v) is 5.92. The lowest BCUT2D eigenvalue weighted by Crippen LogP contribution is -2.38. The van der Waals surface area contributed by atoms with Crippen molar-refractivity contribution in [1.29, 1.82) is 0 Å². The lowest BCUT2D eigenvalue weighted by atomic mass is 10.2. The van der Waals surface area contributed by atoms with Gasteiger partial charge in [-0.25, -0.2) is 8.42 Å². The molecule has 0 heterocycles. The molecule has 0 bridgehead atoms. The number of benzene rings is 1. The molecule has 1 aromatic rings. The number of nitrogens with zero attached hydrogens (tertiary/aromatic N) is 1. The van der Waals surface area contributed by atoms with Gasteiger partial charge in [-0.1, -0.05) is 35.8 Å². The van der Waals surface area contributed by atoms with Crippen LogP contribution in [0.2, 0.25) is 0 Å². The van der Waals surface area contributed by atoms with Crippen molar-refractivity contribution in [2.24, 2.45) is 0 Å². The molecule has 0 radical (unpaired) electrons. The van der Waals surface area contributed by atoms with Crippen LogP contribution in [-0.2, 0) is 10.0 Å². The van der Waals surface area contributed by atoms with E-state index in [4.69, 9.17) is 6.42 Å². The second-order valence-electron chi connectivity index (χ2n) is 4.03. The highest BCUT2D eigenvalue weighted by molar-refractivity contribution is 7.89. The highest BCUT2D eigenvalue weighted by Gasteiger charge is 2.27. The molecule has 0 amide bonds. The van der Waals surface area contributed by atoms with Gasteiger partial charge in [-0.3, -0.25) is 0 Å². The zero-order valence-corrected chi connectivity index (χ0v) is 11.7. The standard InChI is InChI=1S/C15H17NO2S/c1-5-12-16(14(6-2)7-3)19(17,18)15-10-8-13(4)9-11-15/h1,6-11,14H,2-3,12H2,4H3. The van der Waals surface area contributed by atoms with Crippen LogP contribution in [0.4, 0.5) is 0 Å². The fourth-order valence-corrected chi connectivity index (χ4v) is 3.11. The quantitative estimate of drug-likeness (QED) is 0.590. The summed E-state index contributed by atoms with van der Waals surface area (Å²) in [5.74, 6) is 2.36. The summed E-state index contributed by atoms with van der Waals surface area (Å²) in [5, 5.41) is 0. The molecule has 0 aliphatic carbocycles. The van der Waals surface area contributed by atoms with E-state index in [1.807, 2.05) is 6.92 Å². The Hall–Kier alpha value is -1.83. The van der Waals surface area contributed by atoms with Gasteiger partial charge in [0, 0.05) is 0 Å². The minimum Gasteiger partial charge on any atom is -0.207 e. The van der Waals surface area contributed by atoms with Crippen LogP contribution in [0.3, 0.4) is 0 Å². The molecule has 0 saturated carbocycles. The molecule has 1 rings (SSSR count). The van der Waals surface area contributed by atoms with Crippen molar-refractivity contribution < 1.29 is 8.42 Å². The van der Waals surface area contributed by atoms with Crippen molar-refractivity contribution >= 4 is 10.0 Å². The van der Waals surface area contributed by atoms with Gasteiger partial charge in [0.15, 0.2) is 0 Å². The third kappa shape index (κ3) is 3.34. The van der Waals surface area contributed by atoms with Crippen LogP contribution in [0, 0.1) is 19.3 Å². The monoisotopic (exact) mass is 275 g/mol. The van der Waals surface area contributed by atoms with Gasteiger partial charge in [-0.15, -0.1) is 19.6 Å². The Balaban J connectivity index is 3.27. The Morgan fingerprint density at radius 2 is 1.84 bits per heavy atom. The first-order valence-corrected chi connectivity index (χ1v) is 7.18. The molecule has 100 valence electrons. The van der Waals surface area contributed by atoms with E-state index < -0.39 is 16.1 Å². The predicted molar refractivity (Wildman–Crippen MR) is 78.1 cm³/mol. The Labute approximate surface area is 115 Å². The van der Waals surface area contributed by atoms with Gasteiger partial charge in [0.05, 0.1) is 17.5 Å². The third-order valence-electron chi connectivity index (χ3n) is 2.69. The molecule has 0 unspecified atom stereocenters. The highest BCUT2D eigenvalue weighted by atomic mass is 32.2. The van der Waals surface area contributed by atoms with Gasteiger partial charge in [0.25, 0.3) is 0 Å². The molecule has 19 heavy (non-hydrogen) atoms. The highest BCUT2D eigenvalue weighted by Crippen LogP contribution is 2.19. The zero-order chi connectivity index (χ0) is 14.5. The van der Waals surface area contributed by atoms with Crippen molar-refractivity contribution in [3.8, 4) is 12.3 Å². The van der Waals surface area contributed by atoms with E-state index in [2.05, 4.69) is 19.1 Å². The van der Waals surface area contributed by atoms with Crippen LogP contribution in [0.5, 0.6) is 0 Å². The van der Waals surface area contributed by atoms with Crippen molar-refractivity contribution in [3.63, 3.8) is 0 Å². The molecule has 0 aliphatic heterocycles. The Bertz CT molecular complexity index is 586. The number of hydrogen-bond donors (Lipinski definition) is 0. The van der Waals surface area contributed by atoms with Crippen molar-refractivity contribution in [2.45, 2.75) is 17.9 Å². The van der Waals surface area contributed by atoms with Gasteiger partial charge in [-0.2, -0.15) is 4.31 Å². The van der Waals surface area contributed by atoms with Crippen LogP contribution >= 0.6 is 0 Å². The molecule has 0 aromatic heterocycles. The minimum absolute atomic E-state index is 0.0289. The first-order chi connectivity index (χ1) is 8.97. The normalized spacial score (nSPS) is 11.3. The van der Waals surface area contributed by atoms with Crippen molar-refractivity contribution in [2.75, 3.05) is 6.54 Å². The number of aryl methyl sites for hydroxylation is 1. The van der Waals surface area contributed by atoms with Crippen LogP contribution in [0.15, 0.2) is 54.5 Å². The van der Waals surface area contributed by atoms with E-state index in [0.717, 1.165) is 5.56 Å². The number of rotatable bonds is 6. The summed E-state index contributed by atoms with van der Waals surface area (Å²) in [6.07, 6.45) is 8.24. The van der Waals surface area contributed by atoms with E-state index in [1.165, 1.54) is 16.5 Å². The van der Waals surface area contributed by atoms with Crippen LogP contribution in [0.1, 0.15) is 5.56 Å². The Morgan fingerprint density at radius 3 is 2.26 bits per heavy atom. The smallest absolute Gasteiger partial charge is 0.207 e. The van der Waals surface area contributed by atoms with Gasteiger partial charge >= 0.3 is 0 Å². The number of terminal acetylenes is 1. The predicted octanol–water partition coefficient (Wildman–Crippen LogP) is 2.36. The minimum atomic E-state index is -3.66. The van der Waals surface area contributed by atoms with Gasteiger partial charge < -0.3 is 0 Å². The summed E-state index contributed by atoms with van der Waals surface area (Å²) in [7, 11) is -3.66. The van der Waals surface area contributed by atoms with Gasteiger partial charge in [-0.05, 0) is 19.1 Å². The molecule has 1 aromatic carbocycles. The van der Waals surface area contributed by atoms with Crippen LogP contribution in [-0.4, -0.2) is 25.3 Å². The lowest BCUT2D eigenvalue weighted by molar-refractivity contribution is 0.435. The average molecular weight is 275 g/mol. The summed E-state index contributed by atoms with van der Waals surface area (Å²) in [5.41, 5.74) is 0.992. The molecule has 3 nitrogen and oxygen atoms in total.